The SMILES string of the molecule is CC[C@@H]1CCCCN1c1nc(-c2ccc(C(=O)OC)s2)cs1. The molecule has 118 valence electrons. The van der Waals surface area contributed by atoms with E-state index in [4.69, 9.17) is 9.72 Å². The average Bonchev–Trinajstić information content (AvgIpc) is 3.23. The molecule has 0 aromatic carbocycles. The van der Waals surface area contributed by atoms with E-state index in [1.807, 2.05) is 6.07 Å². The highest BCUT2D eigenvalue weighted by Gasteiger charge is 2.23. The van der Waals surface area contributed by atoms with Gasteiger partial charge in [0.25, 0.3) is 0 Å². The fraction of sp³-hybridized carbons (Fsp3) is 0.500. The summed E-state index contributed by atoms with van der Waals surface area (Å²) in [7, 11) is 1.41. The molecular formula is C16H20N2O2S2. The maximum atomic E-state index is 11.6. The van der Waals surface area contributed by atoms with E-state index in [9.17, 15) is 4.79 Å². The average molecular weight is 336 g/mol. The normalized spacial score (nSPS) is 18.5. The summed E-state index contributed by atoms with van der Waals surface area (Å²) in [5, 5.41) is 3.19. The molecule has 3 rings (SSSR count). The minimum atomic E-state index is -0.284. The van der Waals surface area contributed by atoms with Gasteiger partial charge in [-0.2, -0.15) is 0 Å². The van der Waals surface area contributed by atoms with Crippen molar-refractivity contribution in [2.45, 2.75) is 38.6 Å². The first-order valence-corrected chi connectivity index (χ1v) is 9.33. The smallest absolute Gasteiger partial charge is 0.348 e. The van der Waals surface area contributed by atoms with Gasteiger partial charge >= 0.3 is 5.97 Å². The third kappa shape index (κ3) is 3.03. The van der Waals surface area contributed by atoms with Gasteiger partial charge in [-0.05, 0) is 37.8 Å². The van der Waals surface area contributed by atoms with Gasteiger partial charge in [-0.25, -0.2) is 9.78 Å². The zero-order valence-corrected chi connectivity index (χ0v) is 14.5. The Morgan fingerprint density at radius 2 is 2.32 bits per heavy atom. The molecule has 0 aliphatic carbocycles. The number of carbonyl (C=O) groups excluding carboxylic acids is 1. The number of hydrogen-bond acceptors (Lipinski definition) is 6. The molecule has 1 aliphatic heterocycles. The number of nitrogens with zero attached hydrogens (tertiary/aromatic N) is 2. The second-order valence-corrected chi connectivity index (χ2v) is 7.34. The van der Waals surface area contributed by atoms with E-state index in [1.54, 1.807) is 17.4 Å². The summed E-state index contributed by atoms with van der Waals surface area (Å²) in [6.45, 7) is 3.35. The van der Waals surface area contributed by atoms with Gasteiger partial charge in [0.1, 0.15) is 4.88 Å². The van der Waals surface area contributed by atoms with Gasteiger partial charge in [0.05, 0.1) is 17.7 Å². The first-order chi connectivity index (χ1) is 10.7. The molecule has 0 amide bonds. The molecule has 4 nitrogen and oxygen atoms in total. The lowest BCUT2D eigenvalue weighted by Crippen LogP contribution is -2.39. The summed E-state index contributed by atoms with van der Waals surface area (Å²) < 4.78 is 4.76. The Morgan fingerprint density at radius 3 is 3.09 bits per heavy atom. The van der Waals surface area contributed by atoms with Crippen molar-refractivity contribution in [2.24, 2.45) is 0 Å². The Balaban J connectivity index is 1.81. The molecule has 0 unspecified atom stereocenters. The van der Waals surface area contributed by atoms with Crippen molar-refractivity contribution in [3.05, 3.63) is 22.4 Å². The zero-order chi connectivity index (χ0) is 15.5. The van der Waals surface area contributed by atoms with Gasteiger partial charge in [0.15, 0.2) is 5.13 Å². The molecule has 6 heteroatoms. The van der Waals surface area contributed by atoms with Crippen LogP contribution in [0.2, 0.25) is 0 Å². The van der Waals surface area contributed by atoms with Gasteiger partial charge in [-0.3, -0.25) is 0 Å². The Labute approximate surface area is 138 Å². The Bertz CT molecular complexity index is 650. The predicted octanol–water partition coefficient (Wildman–Crippen LogP) is 4.43. The second-order valence-electron chi connectivity index (χ2n) is 5.42. The van der Waals surface area contributed by atoms with Crippen LogP contribution in [0.3, 0.4) is 0 Å². The number of aromatic nitrogens is 1. The molecule has 0 bridgehead atoms. The van der Waals surface area contributed by atoms with Gasteiger partial charge in [-0.15, -0.1) is 22.7 Å². The van der Waals surface area contributed by atoms with Crippen LogP contribution in [-0.4, -0.2) is 30.6 Å². The molecule has 0 N–H and O–H groups in total. The Kier molecular flexibility index (Phi) is 4.78. The highest BCUT2D eigenvalue weighted by molar-refractivity contribution is 7.18. The van der Waals surface area contributed by atoms with E-state index in [2.05, 4.69) is 17.2 Å². The summed E-state index contributed by atoms with van der Waals surface area (Å²) in [6, 6.07) is 4.37. The Hall–Kier alpha value is -1.40. The van der Waals surface area contributed by atoms with Gasteiger partial charge in [-0.1, -0.05) is 6.92 Å². The van der Waals surface area contributed by atoms with Crippen LogP contribution in [0.1, 0.15) is 42.3 Å². The summed E-state index contributed by atoms with van der Waals surface area (Å²) >= 11 is 3.14. The van der Waals surface area contributed by atoms with Crippen LogP contribution in [-0.2, 0) is 4.74 Å². The number of anilines is 1. The van der Waals surface area contributed by atoms with Crippen molar-refractivity contribution in [2.75, 3.05) is 18.6 Å². The number of piperidine rings is 1. The molecule has 0 spiro atoms. The maximum Gasteiger partial charge on any atom is 0.348 e. The summed E-state index contributed by atoms with van der Waals surface area (Å²) in [5.41, 5.74) is 0.959. The standard InChI is InChI=1S/C16H20N2O2S2/c1-3-11-6-4-5-9-18(11)16-17-12(10-21-16)13-7-8-14(22-13)15(19)20-2/h7-8,10-11H,3-6,9H2,1-2H3/t11-/m1/s1. The summed E-state index contributed by atoms with van der Waals surface area (Å²) in [4.78, 5) is 20.5. The quantitative estimate of drug-likeness (QED) is 0.775. The van der Waals surface area contributed by atoms with E-state index in [0.717, 1.165) is 22.2 Å². The lowest BCUT2D eigenvalue weighted by atomic mass is 10.0. The van der Waals surface area contributed by atoms with Crippen molar-refractivity contribution >= 4 is 33.8 Å². The van der Waals surface area contributed by atoms with Crippen molar-refractivity contribution < 1.29 is 9.53 Å². The molecule has 1 saturated heterocycles. The highest BCUT2D eigenvalue weighted by Crippen LogP contribution is 2.35. The van der Waals surface area contributed by atoms with Crippen molar-refractivity contribution in [3.63, 3.8) is 0 Å². The lowest BCUT2D eigenvalue weighted by Gasteiger charge is -2.34. The maximum absolute atomic E-state index is 11.6. The van der Waals surface area contributed by atoms with Crippen LogP contribution in [0.25, 0.3) is 10.6 Å². The number of rotatable bonds is 4. The van der Waals surface area contributed by atoms with Crippen LogP contribution < -0.4 is 4.90 Å². The summed E-state index contributed by atoms with van der Waals surface area (Å²) in [5.74, 6) is -0.284. The fourth-order valence-electron chi connectivity index (χ4n) is 2.87. The topological polar surface area (TPSA) is 42.4 Å². The number of hydrogen-bond donors (Lipinski definition) is 0. The highest BCUT2D eigenvalue weighted by atomic mass is 32.1. The molecule has 1 fully saturated rings. The van der Waals surface area contributed by atoms with Crippen LogP contribution >= 0.6 is 22.7 Å². The van der Waals surface area contributed by atoms with Crippen molar-refractivity contribution in [1.82, 2.24) is 4.98 Å². The molecule has 1 aliphatic rings. The minimum Gasteiger partial charge on any atom is -0.465 e. The third-order valence-corrected chi connectivity index (χ3v) is 6.05. The molecule has 0 saturated carbocycles. The number of carbonyl (C=O) groups is 1. The number of methoxy groups -OCH3 is 1. The van der Waals surface area contributed by atoms with Gasteiger partial charge < -0.3 is 9.64 Å². The molecule has 2 aromatic heterocycles. The first-order valence-electron chi connectivity index (χ1n) is 7.63. The minimum absolute atomic E-state index is 0.284. The second kappa shape index (κ2) is 6.79. The van der Waals surface area contributed by atoms with E-state index >= 15 is 0 Å². The lowest BCUT2D eigenvalue weighted by molar-refractivity contribution is 0.0606. The van der Waals surface area contributed by atoms with Crippen LogP contribution in [0, 0.1) is 0 Å². The van der Waals surface area contributed by atoms with Crippen molar-refractivity contribution in [3.8, 4) is 10.6 Å². The van der Waals surface area contributed by atoms with Crippen LogP contribution in [0.15, 0.2) is 17.5 Å². The van der Waals surface area contributed by atoms with E-state index in [-0.39, 0.29) is 5.97 Å². The van der Waals surface area contributed by atoms with Gasteiger partial charge in [0, 0.05) is 18.0 Å². The summed E-state index contributed by atoms with van der Waals surface area (Å²) in [6.07, 6.45) is 4.99. The fourth-order valence-corrected chi connectivity index (χ4v) is 4.76. The van der Waals surface area contributed by atoms with E-state index < -0.39 is 0 Å². The number of ether oxygens (including phenoxy) is 1. The van der Waals surface area contributed by atoms with Crippen LogP contribution in [0.4, 0.5) is 5.13 Å². The zero-order valence-electron chi connectivity index (χ0n) is 12.9. The van der Waals surface area contributed by atoms with Gasteiger partial charge in [0.2, 0.25) is 0 Å². The molecule has 0 radical (unpaired) electrons. The third-order valence-electron chi connectivity index (χ3n) is 4.08. The molecule has 22 heavy (non-hydrogen) atoms. The Morgan fingerprint density at radius 1 is 1.45 bits per heavy atom. The van der Waals surface area contributed by atoms with Crippen LogP contribution in [0.5, 0.6) is 0 Å². The van der Waals surface area contributed by atoms with E-state index in [1.165, 1.54) is 44.1 Å². The molecular weight excluding hydrogens is 316 g/mol. The van der Waals surface area contributed by atoms with Crippen molar-refractivity contribution in [1.29, 1.82) is 0 Å². The molecule has 2 aromatic rings. The number of esters is 1. The number of thiophene rings is 1. The molecule has 1 atom stereocenters. The monoisotopic (exact) mass is 336 g/mol. The molecule has 3 heterocycles. The largest absolute Gasteiger partial charge is 0.465 e. The predicted molar refractivity (Wildman–Crippen MR) is 92.0 cm³/mol. The number of thiazole rings is 1. The van der Waals surface area contributed by atoms with E-state index in [0.29, 0.717) is 10.9 Å². The first kappa shape index (κ1) is 15.5.